The van der Waals surface area contributed by atoms with Crippen LogP contribution in [0.1, 0.15) is 16.8 Å². The highest BCUT2D eigenvalue weighted by atomic mass is 19.2. The number of hydrogen-bond donors (Lipinski definition) is 0. The van der Waals surface area contributed by atoms with Crippen molar-refractivity contribution in [2.24, 2.45) is 0 Å². The molecule has 3 nitrogen and oxygen atoms in total. The minimum absolute atomic E-state index is 0.526. The molecule has 0 radical (unpaired) electrons. The Labute approximate surface area is 120 Å². The van der Waals surface area contributed by atoms with Gasteiger partial charge in [0.25, 0.3) is 0 Å². The van der Waals surface area contributed by atoms with E-state index in [1.165, 1.54) is 12.4 Å². The van der Waals surface area contributed by atoms with E-state index in [0.29, 0.717) is 11.4 Å². The first-order valence-electron chi connectivity index (χ1n) is 6.75. The number of fused-ring (bicyclic) bond motifs is 2. The lowest BCUT2D eigenvalue weighted by atomic mass is 9.87. The zero-order valence-electron chi connectivity index (χ0n) is 11.4. The average molecular weight is 283 g/mol. The maximum absolute atomic E-state index is 14.6. The van der Waals surface area contributed by atoms with E-state index in [-0.39, 0.29) is 0 Å². The number of nitrogens with zero attached hydrogens (tertiary/aromatic N) is 3. The van der Waals surface area contributed by atoms with E-state index < -0.39 is 6.97 Å². The Bertz CT molecular complexity index is 846. The quantitative estimate of drug-likeness (QED) is 0.737. The SMILES string of the molecule is Cc1cncc(C2=C3C=CC=[N+]3[B-](F)(F)n3cccc32)c1. The first kappa shape index (κ1) is 12.3. The van der Waals surface area contributed by atoms with E-state index in [1.54, 1.807) is 36.7 Å². The second-order valence-electron chi connectivity index (χ2n) is 5.32. The van der Waals surface area contributed by atoms with E-state index in [4.69, 9.17) is 0 Å². The summed E-state index contributed by atoms with van der Waals surface area (Å²) in [4.78, 5) is 4.19. The number of aromatic nitrogens is 2. The second-order valence-corrected chi connectivity index (χ2v) is 5.32. The molecule has 0 spiro atoms. The van der Waals surface area contributed by atoms with Crippen molar-refractivity contribution >= 4 is 18.8 Å². The molecule has 21 heavy (non-hydrogen) atoms. The summed E-state index contributed by atoms with van der Waals surface area (Å²) in [6.45, 7) is -1.89. The molecular formula is C15H12BF2N3. The molecule has 0 N–H and O–H groups in total. The maximum Gasteiger partial charge on any atom is 0.737 e. The van der Waals surface area contributed by atoms with Gasteiger partial charge < -0.3 is 17.6 Å². The van der Waals surface area contributed by atoms with E-state index in [0.717, 1.165) is 25.7 Å². The fourth-order valence-electron chi connectivity index (χ4n) is 3.01. The monoisotopic (exact) mass is 283 g/mol. The van der Waals surface area contributed by atoms with Gasteiger partial charge in [-0.3, -0.25) is 4.98 Å². The maximum atomic E-state index is 14.6. The summed E-state index contributed by atoms with van der Waals surface area (Å²) in [5, 5.41) is 0. The number of halogens is 2. The molecule has 0 amide bonds. The van der Waals surface area contributed by atoms with E-state index >= 15 is 0 Å². The third-order valence-electron chi connectivity index (χ3n) is 3.90. The van der Waals surface area contributed by atoms with Gasteiger partial charge >= 0.3 is 6.97 Å². The van der Waals surface area contributed by atoms with Crippen LogP contribution in [0.4, 0.5) is 8.63 Å². The highest BCUT2D eigenvalue weighted by molar-refractivity contribution is 6.57. The summed E-state index contributed by atoms with van der Waals surface area (Å²) in [7, 11) is 0. The van der Waals surface area contributed by atoms with E-state index in [9.17, 15) is 8.63 Å². The Morgan fingerprint density at radius 2 is 2.14 bits per heavy atom. The van der Waals surface area contributed by atoms with Gasteiger partial charge in [0.15, 0.2) is 5.70 Å². The Hall–Kier alpha value is -2.50. The number of aryl methyl sites for hydroxylation is 1. The summed E-state index contributed by atoms with van der Waals surface area (Å²) >= 11 is 0. The lowest BCUT2D eigenvalue weighted by Gasteiger charge is -2.30. The van der Waals surface area contributed by atoms with Crippen LogP contribution in [0.15, 0.2) is 54.6 Å². The summed E-state index contributed by atoms with van der Waals surface area (Å²) in [6, 6.07) is 5.35. The van der Waals surface area contributed by atoms with Crippen molar-refractivity contribution in [2.75, 3.05) is 0 Å². The molecule has 104 valence electrons. The molecule has 2 aliphatic heterocycles. The predicted molar refractivity (Wildman–Crippen MR) is 78.3 cm³/mol. The predicted octanol–water partition coefficient (Wildman–Crippen LogP) is 2.84. The Kier molecular flexibility index (Phi) is 2.34. The van der Waals surface area contributed by atoms with Crippen LogP contribution in [0.2, 0.25) is 0 Å². The van der Waals surface area contributed by atoms with Gasteiger partial charge in [-0.2, -0.15) is 0 Å². The van der Waals surface area contributed by atoms with Crippen LogP contribution in [-0.4, -0.2) is 27.1 Å². The third kappa shape index (κ3) is 1.59. The molecule has 6 heteroatoms. The van der Waals surface area contributed by atoms with Crippen molar-refractivity contribution in [1.29, 1.82) is 0 Å². The summed E-state index contributed by atoms with van der Waals surface area (Å²) < 4.78 is 31.3. The highest BCUT2D eigenvalue weighted by Gasteiger charge is 2.51. The molecule has 2 aromatic rings. The van der Waals surface area contributed by atoms with Crippen LogP contribution < -0.4 is 0 Å². The van der Waals surface area contributed by atoms with E-state index in [2.05, 4.69) is 4.98 Å². The van der Waals surface area contributed by atoms with Gasteiger partial charge in [-0.25, -0.2) is 0 Å². The van der Waals surface area contributed by atoms with Gasteiger partial charge in [0.1, 0.15) is 6.21 Å². The molecule has 0 saturated heterocycles. The van der Waals surface area contributed by atoms with Crippen molar-refractivity contribution in [3.05, 3.63) is 71.5 Å². The molecular weight excluding hydrogens is 271 g/mol. The van der Waals surface area contributed by atoms with Crippen molar-refractivity contribution in [3.8, 4) is 0 Å². The number of pyridine rings is 1. The first-order valence-corrected chi connectivity index (χ1v) is 6.75. The minimum atomic E-state index is -3.83. The largest absolute Gasteiger partial charge is 0.737 e. The fraction of sp³-hybridized carbons (Fsp3) is 0.0667. The number of hydrogen-bond acceptors (Lipinski definition) is 1. The van der Waals surface area contributed by atoms with Crippen molar-refractivity contribution in [2.45, 2.75) is 6.92 Å². The molecule has 0 fully saturated rings. The lowest BCUT2D eigenvalue weighted by Crippen LogP contribution is -2.49. The Morgan fingerprint density at radius 1 is 1.29 bits per heavy atom. The molecule has 2 aromatic heterocycles. The normalized spacial score (nSPS) is 18.5. The average Bonchev–Trinajstić information content (AvgIpc) is 3.08. The number of rotatable bonds is 1. The van der Waals surface area contributed by atoms with Crippen molar-refractivity contribution < 1.29 is 13.1 Å². The van der Waals surface area contributed by atoms with Crippen LogP contribution in [0, 0.1) is 6.92 Å². The Morgan fingerprint density at radius 3 is 2.95 bits per heavy atom. The highest BCUT2D eigenvalue weighted by Crippen LogP contribution is 2.38. The molecule has 4 rings (SSSR count). The second kappa shape index (κ2) is 4.01. The molecule has 0 aliphatic carbocycles. The smallest absolute Gasteiger partial charge is 0.396 e. The summed E-state index contributed by atoms with van der Waals surface area (Å²) in [6.07, 6.45) is 9.71. The van der Waals surface area contributed by atoms with Gasteiger partial charge in [-0.1, -0.05) is 0 Å². The van der Waals surface area contributed by atoms with Gasteiger partial charge in [0.05, 0.1) is 5.57 Å². The summed E-state index contributed by atoms with van der Waals surface area (Å²) in [5.41, 5.74) is 3.69. The molecule has 0 aromatic carbocycles. The zero-order chi connectivity index (χ0) is 14.6. The van der Waals surface area contributed by atoms with Crippen LogP contribution >= 0.6 is 0 Å². The molecule has 2 aliphatic rings. The van der Waals surface area contributed by atoms with Crippen molar-refractivity contribution in [1.82, 2.24) is 9.46 Å². The molecule has 0 unspecified atom stereocenters. The summed E-state index contributed by atoms with van der Waals surface area (Å²) in [5.74, 6) is 0. The molecule has 4 heterocycles. The van der Waals surface area contributed by atoms with Crippen LogP contribution in [0.25, 0.3) is 5.57 Å². The molecule has 0 saturated carbocycles. The third-order valence-corrected chi connectivity index (χ3v) is 3.90. The van der Waals surface area contributed by atoms with Crippen LogP contribution in [0.3, 0.4) is 0 Å². The molecule has 0 bridgehead atoms. The van der Waals surface area contributed by atoms with Gasteiger partial charge in [0.2, 0.25) is 0 Å². The lowest BCUT2D eigenvalue weighted by molar-refractivity contribution is -0.356. The standard InChI is InChI=1S/C15H12BF2N3/c1-11-8-12(10-19-9-11)15-13-4-2-6-20(13)16(17,18)21-7-3-5-14(15)21/h2-10H,1H3. The fourth-order valence-corrected chi connectivity index (χ4v) is 3.01. The Balaban J connectivity index is 2.06. The van der Waals surface area contributed by atoms with Crippen LogP contribution in [0.5, 0.6) is 0 Å². The topological polar surface area (TPSA) is 20.8 Å². The zero-order valence-corrected chi connectivity index (χ0v) is 11.4. The van der Waals surface area contributed by atoms with E-state index in [1.807, 2.05) is 13.0 Å². The minimum Gasteiger partial charge on any atom is -0.396 e. The van der Waals surface area contributed by atoms with Gasteiger partial charge in [-0.15, -0.1) is 0 Å². The molecule has 0 atom stereocenters. The first-order chi connectivity index (χ1) is 10.1. The van der Waals surface area contributed by atoms with Gasteiger partial charge in [0, 0.05) is 35.8 Å². The van der Waals surface area contributed by atoms with Crippen LogP contribution in [-0.2, 0) is 0 Å². The number of allylic oxidation sites excluding steroid dienone is 2. The van der Waals surface area contributed by atoms with Crippen molar-refractivity contribution in [3.63, 3.8) is 0 Å². The van der Waals surface area contributed by atoms with Gasteiger partial charge in [-0.05, 0) is 36.9 Å².